The van der Waals surface area contributed by atoms with Crippen LogP contribution in [-0.4, -0.2) is 0 Å². The molecule has 1 heteroatoms. The first kappa shape index (κ1) is 23.3. The van der Waals surface area contributed by atoms with Crippen molar-refractivity contribution in [3.8, 4) is 21.6 Å². The summed E-state index contributed by atoms with van der Waals surface area (Å²) in [6, 6.07) is 19.3. The molecule has 0 aliphatic heterocycles. The van der Waals surface area contributed by atoms with Crippen molar-refractivity contribution in [3.05, 3.63) is 70.1 Å². The summed E-state index contributed by atoms with van der Waals surface area (Å²) in [7, 11) is 0. The number of rotatable bonds is 6. The van der Waals surface area contributed by atoms with Crippen LogP contribution in [0.2, 0.25) is 0 Å². The van der Waals surface area contributed by atoms with Gasteiger partial charge in [-0.1, -0.05) is 85.7 Å². The quantitative estimate of drug-likeness (QED) is 0.355. The van der Waals surface area contributed by atoms with Crippen molar-refractivity contribution in [2.45, 2.75) is 97.3 Å². The predicted molar refractivity (Wildman–Crippen MR) is 143 cm³/mol. The fourth-order valence-corrected chi connectivity index (χ4v) is 6.65. The highest BCUT2D eigenvalue weighted by Crippen LogP contribution is 2.54. The maximum absolute atomic E-state index is 2.57. The first-order valence-corrected chi connectivity index (χ1v) is 13.4. The number of thiophene rings is 1. The van der Waals surface area contributed by atoms with Crippen LogP contribution in [0.1, 0.15) is 103 Å². The molecule has 1 aliphatic rings. The van der Waals surface area contributed by atoms with E-state index in [2.05, 4.69) is 104 Å². The van der Waals surface area contributed by atoms with E-state index in [1.807, 2.05) is 11.3 Å². The maximum Gasteiger partial charge on any atom is 0.0345 e. The Labute approximate surface area is 200 Å². The van der Waals surface area contributed by atoms with Crippen LogP contribution in [0.4, 0.5) is 0 Å². The van der Waals surface area contributed by atoms with Crippen LogP contribution in [0.5, 0.6) is 0 Å². The molecule has 3 aromatic rings. The summed E-state index contributed by atoms with van der Waals surface area (Å²) in [6.45, 7) is 18.8. The van der Waals surface area contributed by atoms with Gasteiger partial charge in [0.05, 0.1) is 0 Å². The molecule has 4 rings (SSSR count). The molecule has 1 aromatic heterocycles. The summed E-state index contributed by atoms with van der Waals surface area (Å²) in [5.74, 6) is 0. The van der Waals surface area contributed by atoms with Gasteiger partial charge in [-0.15, -0.1) is 11.3 Å². The van der Waals surface area contributed by atoms with Crippen LogP contribution in [0, 0.1) is 0 Å². The third kappa shape index (κ3) is 3.48. The van der Waals surface area contributed by atoms with E-state index in [1.54, 1.807) is 5.56 Å². The van der Waals surface area contributed by atoms with E-state index in [9.17, 15) is 0 Å². The molecule has 0 saturated carbocycles. The smallest absolute Gasteiger partial charge is 0.0345 e. The predicted octanol–water partition coefficient (Wildman–Crippen LogP) is 9.88. The number of hydrogen-bond acceptors (Lipinski definition) is 1. The van der Waals surface area contributed by atoms with Gasteiger partial charge in [0.2, 0.25) is 0 Å². The molecule has 0 N–H and O–H groups in total. The van der Waals surface area contributed by atoms with E-state index >= 15 is 0 Å². The van der Waals surface area contributed by atoms with Crippen molar-refractivity contribution in [1.82, 2.24) is 0 Å². The number of benzene rings is 2. The molecule has 0 radical (unpaired) electrons. The zero-order valence-electron chi connectivity index (χ0n) is 21.4. The molecule has 0 spiro atoms. The second kappa shape index (κ2) is 8.17. The van der Waals surface area contributed by atoms with Crippen LogP contribution >= 0.6 is 11.3 Å². The van der Waals surface area contributed by atoms with Gasteiger partial charge in [-0.3, -0.25) is 0 Å². The Morgan fingerprint density at radius 3 is 1.84 bits per heavy atom. The van der Waals surface area contributed by atoms with Gasteiger partial charge in [0, 0.05) is 15.2 Å². The second-order valence-corrected chi connectivity index (χ2v) is 12.1. The van der Waals surface area contributed by atoms with Gasteiger partial charge in [0.25, 0.3) is 0 Å². The van der Waals surface area contributed by atoms with Gasteiger partial charge in [0.1, 0.15) is 0 Å². The minimum atomic E-state index is 0.114. The van der Waals surface area contributed by atoms with E-state index in [-0.39, 0.29) is 16.2 Å². The van der Waals surface area contributed by atoms with E-state index in [1.165, 1.54) is 50.4 Å². The summed E-state index contributed by atoms with van der Waals surface area (Å²) < 4.78 is 0. The van der Waals surface area contributed by atoms with Crippen LogP contribution < -0.4 is 0 Å². The average molecular weight is 445 g/mol. The fraction of sp³-hybridized carbons (Fsp3) is 0.484. The van der Waals surface area contributed by atoms with Crippen molar-refractivity contribution in [2.75, 3.05) is 0 Å². The summed E-state index contributed by atoms with van der Waals surface area (Å²) in [5, 5.41) is 0. The molecule has 2 aromatic carbocycles. The van der Waals surface area contributed by atoms with E-state index in [0.29, 0.717) is 0 Å². The zero-order valence-corrected chi connectivity index (χ0v) is 22.2. The van der Waals surface area contributed by atoms with Crippen LogP contribution in [0.3, 0.4) is 0 Å². The average Bonchev–Trinajstić information content (AvgIpc) is 3.40. The molecule has 1 aliphatic carbocycles. The molecule has 1 heterocycles. The molecular formula is C31H40S. The van der Waals surface area contributed by atoms with Crippen LogP contribution in [0.25, 0.3) is 21.6 Å². The number of hydrogen-bond donors (Lipinski definition) is 0. The van der Waals surface area contributed by atoms with Crippen molar-refractivity contribution >= 4 is 11.3 Å². The molecule has 0 fully saturated rings. The van der Waals surface area contributed by atoms with Crippen molar-refractivity contribution in [3.63, 3.8) is 0 Å². The van der Waals surface area contributed by atoms with Crippen molar-refractivity contribution in [2.24, 2.45) is 0 Å². The zero-order chi connectivity index (χ0) is 23.3. The third-order valence-electron chi connectivity index (χ3n) is 8.45. The summed E-state index contributed by atoms with van der Waals surface area (Å²) in [4.78, 5) is 2.84. The third-order valence-corrected chi connectivity index (χ3v) is 10.0. The van der Waals surface area contributed by atoms with Gasteiger partial charge in [-0.2, -0.15) is 0 Å². The standard InChI is InChI=1S/C31H40S/c1-9-30(8,10-2)22-14-16-24-23-15-13-21(27-17-18-28(32-27)29(5,6)7)19-25(23)31(11-3,12-4)26(24)20-22/h13-20H,9-12H2,1-8H3. The fourth-order valence-electron chi connectivity index (χ4n) is 5.59. The van der Waals surface area contributed by atoms with Gasteiger partial charge in [0.15, 0.2) is 0 Å². The molecule has 32 heavy (non-hydrogen) atoms. The summed E-state index contributed by atoms with van der Waals surface area (Å²) in [6.07, 6.45) is 4.64. The minimum absolute atomic E-state index is 0.114. The topological polar surface area (TPSA) is 0 Å². The molecule has 0 atom stereocenters. The molecule has 170 valence electrons. The summed E-state index contributed by atoms with van der Waals surface area (Å²) >= 11 is 1.95. The Bertz CT molecular complexity index is 1110. The molecular weight excluding hydrogens is 404 g/mol. The Morgan fingerprint density at radius 2 is 1.31 bits per heavy atom. The molecule has 0 amide bonds. The SMILES string of the molecule is CCC(C)(CC)c1ccc2c(c1)C(CC)(CC)c1cc(-c3ccc(C(C)(C)C)s3)ccc1-2. The highest BCUT2D eigenvalue weighted by molar-refractivity contribution is 7.15. The molecule has 0 saturated heterocycles. The Balaban J connectivity index is 1.87. The maximum atomic E-state index is 2.57. The second-order valence-electron chi connectivity index (χ2n) is 11.0. The Kier molecular flexibility index (Phi) is 5.95. The first-order valence-electron chi connectivity index (χ1n) is 12.5. The molecule has 0 unspecified atom stereocenters. The van der Waals surface area contributed by atoms with E-state index < -0.39 is 0 Å². The highest BCUT2D eigenvalue weighted by atomic mass is 32.1. The lowest BCUT2D eigenvalue weighted by atomic mass is 9.71. The summed E-state index contributed by atoms with van der Waals surface area (Å²) in [5.41, 5.74) is 9.44. The van der Waals surface area contributed by atoms with Gasteiger partial charge < -0.3 is 0 Å². The lowest BCUT2D eigenvalue weighted by Gasteiger charge is -2.33. The molecule has 0 bridgehead atoms. The van der Waals surface area contributed by atoms with E-state index in [0.717, 1.165) is 12.8 Å². The minimum Gasteiger partial charge on any atom is -0.140 e. The van der Waals surface area contributed by atoms with Gasteiger partial charge >= 0.3 is 0 Å². The van der Waals surface area contributed by atoms with Gasteiger partial charge in [-0.05, 0) is 88.1 Å². The monoisotopic (exact) mass is 444 g/mol. The normalized spacial score (nSPS) is 15.0. The van der Waals surface area contributed by atoms with Crippen LogP contribution in [0.15, 0.2) is 48.5 Å². The Hall–Kier alpha value is -1.86. The van der Waals surface area contributed by atoms with Crippen molar-refractivity contribution in [1.29, 1.82) is 0 Å². The first-order chi connectivity index (χ1) is 15.1. The molecule has 0 nitrogen and oxygen atoms in total. The number of fused-ring (bicyclic) bond motifs is 3. The Morgan fingerprint density at radius 1 is 0.719 bits per heavy atom. The van der Waals surface area contributed by atoms with Crippen molar-refractivity contribution < 1.29 is 0 Å². The largest absolute Gasteiger partial charge is 0.140 e. The lowest BCUT2D eigenvalue weighted by Crippen LogP contribution is -2.25. The highest BCUT2D eigenvalue weighted by Gasteiger charge is 2.41. The van der Waals surface area contributed by atoms with E-state index in [4.69, 9.17) is 0 Å². The van der Waals surface area contributed by atoms with Crippen LogP contribution in [-0.2, 0) is 16.2 Å². The van der Waals surface area contributed by atoms with Gasteiger partial charge in [-0.25, -0.2) is 0 Å². The lowest BCUT2D eigenvalue weighted by molar-refractivity contribution is 0.435.